The zero-order chi connectivity index (χ0) is 16.8. The molecule has 0 aliphatic heterocycles. The number of aromatic nitrogens is 1. The molecule has 0 radical (unpaired) electrons. The molecule has 0 aliphatic carbocycles. The first-order chi connectivity index (χ1) is 11.8. The molecule has 0 fully saturated rings. The van der Waals surface area contributed by atoms with Gasteiger partial charge in [0, 0.05) is 0 Å². The molecule has 1 aromatic heterocycles. The van der Waals surface area contributed by atoms with Crippen LogP contribution in [0.4, 0.5) is 5.88 Å². The van der Waals surface area contributed by atoms with Crippen molar-refractivity contribution < 1.29 is 9.15 Å². The van der Waals surface area contributed by atoms with Gasteiger partial charge in [-0.25, -0.2) is 0 Å². The van der Waals surface area contributed by atoms with Crippen molar-refractivity contribution in [3.8, 4) is 23.3 Å². The van der Waals surface area contributed by atoms with Crippen molar-refractivity contribution in [3.63, 3.8) is 0 Å². The molecule has 3 rings (SSSR count). The normalized spacial score (nSPS) is 10.2. The van der Waals surface area contributed by atoms with E-state index in [0.29, 0.717) is 35.5 Å². The highest BCUT2D eigenvalue weighted by Crippen LogP contribution is 2.30. The maximum Gasteiger partial charge on any atom is 0.232 e. The second-order valence-corrected chi connectivity index (χ2v) is 5.28. The Kier molecular flexibility index (Phi) is 4.99. The minimum atomic E-state index is 0.185. The van der Waals surface area contributed by atoms with Crippen LogP contribution in [0.15, 0.2) is 59.0 Å². The summed E-state index contributed by atoms with van der Waals surface area (Å²) in [4.78, 5) is 4.18. The summed E-state index contributed by atoms with van der Waals surface area (Å²) in [5.74, 6) is 1.40. The number of nitriles is 1. The van der Waals surface area contributed by atoms with Gasteiger partial charge in [0.05, 0.1) is 17.1 Å². The molecule has 3 aromatic rings. The minimum absolute atomic E-state index is 0.185. The zero-order valence-electron chi connectivity index (χ0n) is 12.7. The fraction of sp³-hybridized carbons (Fsp3) is 0.111. The molecule has 120 valence electrons. The largest absolute Gasteiger partial charge is 0.492 e. The zero-order valence-corrected chi connectivity index (χ0v) is 13.5. The molecule has 0 saturated carbocycles. The molecule has 0 amide bonds. The Hall–Kier alpha value is -2.97. The average Bonchev–Trinajstić information content (AvgIpc) is 3.03. The first kappa shape index (κ1) is 15.9. The van der Waals surface area contributed by atoms with Crippen LogP contribution in [0.2, 0.25) is 5.02 Å². The smallest absolute Gasteiger partial charge is 0.232 e. The highest BCUT2D eigenvalue weighted by Gasteiger charge is 2.15. The third kappa shape index (κ3) is 3.67. The van der Waals surface area contributed by atoms with E-state index in [1.54, 1.807) is 12.1 Å². The average molecular weight is 340 g/mol. The maximum atomic E-state index is 9.21. The first-order valence-electron chi connectivity index (χ1n) is 7.35. The van der Waals surface area contributed by atoms with E-state index >= 15 is 0 Å². The first-order valence-corrected chi connectivity index (χ1v) is 7.73. The number of anilines is 1. The van der Waals surface area contributed by atoms with Crippen molar-refractivity contribution in [2.75, 3.05) is 18.5 Å². The van der Waals surface area contributed by atoms with Gasteiger partial charge in [-0.05, 0) is 24.3 Å². The Morgan fingerprint density at radius 1 is 1.12 bits per heavy atom. The van der Waals surface area contributed by atoms with Gasteiger partial charge in [-0.3, -0.25) is 0 Å². The number of benzene rings is 2. The summed E-state index contributed by atoms with van der Waals surface area (Å²) in [5, 5.41) is 12.7. The van der Waals surface area contributed by atoms with Gasteiger partial charge in [0.15, 0.2) is 0 Å². The van der Waals surface area contributed by atoms with Gasteiger partial charge in [-0.2, -0.15) is 10.2 Å². The second-order valence-electron chi connectivity index (χ2n) is 4.88. The molecule has 0 aliphatic rings. The number of hydrogen-bond acceptors (Lipinski definition) is 5. The van der Waals surface area contributed by atoms with Crippen LogP contribution in [-0.2, 0) is 0 Å². The summed E-state index contributed by atoms with van der Waals surface area (Å²) in [6.45, 7) is 0.901. The van der Waals surface area contributed by atoms with Crippen LogP contribution in [0.1, 0.15) is 5.69 Å². The van der Waals surface area contributed by atoms with Crippen LogP contribution in [0.5, 0.6) is 5.75 Å². The lowest BCUT2D eigenvalue weighted by Gasteiger charge is -2.06. The number of nitrogens with zero attached hydrogens (tertiary/aromatic N) is 2. The quantitative estimate of drug-likeness (QED) is 0.676. The van der Waals surface area contributed by atoms with Crippen molar-refractivity contribution in [2.45, 2.75) is 0 Å². The third-order valence-corrected chi connectivity index (χ3v) is 3.57. The van der Waals surface area contributed by atoms with Crippen molar-refractivity contribution in [3.05, 3.63) is 65.3 Å². The third-order valence-electron chi connectivity index (χ3n) is 3.24. The van der Waals surface area contributed by atoms with Gasteiger partial charge < -0.3 is 14.5 Å². The lowest BCUT2D eigenvalue weighted by atomic mass is 10.2. The van der Waals surface area contributed by atoms with Crippen LogP contribution >= 0.6 is 11.6 Å². The van der Waals surface area contributed by atoms with Gasteiger partial charge in [0.2, 0.25) is 17.5 Å². The molecular weight excluding hydrogens is 326 g/mol. The predicted octanol–water partition coefficient (Wildman–Crippen LogP) is 4.36. The van der Waals surface area contributed by atoms with Crippen LogP contribution < -0.4 is 10.1 Å². The Bertz CT molecular complexity index is 856. The summed E-state index contributed by atoms with van der Waals surface area (Å²) in [7, 11) is 0. The predicted molar refractivity (Wildman–Crippen MR) is 92.1 cm³/mol. The summed E-state index contributed by atoms with van der Waals surface area (Å²) in [5.41, 5.74) is 0.828. The van der Waals surface area contributed by atoms with E-state index < -0.39 is 0 Å². The van der Waals surface area contributed by atoms with Crippen LogP contribution in [0, 0.1) is 11.3 Å². The molecule has 5 nitrogen and oxygen atoms in total. The highest BCUT2D eigenvalue weighted by molar-refractivity contribution is 6.33. The summed E-state index contributed by atoms with van der Waals surface area (Å²) in [6, 6.07) is 18.7. The standard InChI is InChI=1S/C18H14ClN3O2/c19-15-9-5-4-8-14(15)17-22-16(12-20)18(24-17)21-10-11-23-13-6-2-1-3-7-13/h1-9,21H,10-11H2. The van der Waals surface area contributed by atoms with Crippen molar-refractivity contribution >= 4 is 17.5 Å². The number of halogens is 1. The van der Waals surface area contributed by atoms with E-state index in [-0.39, 0.29) is 5.69 Å². The molecule has 2 aromatic carbocycles. The molecular formula is C18H14ClN3O2. The van der Waals surface area contributed by atoms with Gasteiger partial charge in [-0.1, -0.05) is 41.9 Å². The molecule has 6 heteroatoms. The number of ether oxygens (including phenoxy) is 1. The topological polar surface area (TPSA) is 71.1 Å². The number of para-hydroxylation sites is 1. The van der Waals surface area contributed by atoms with E-state index in [0.717, 1.165) is 5.75 Å². The monoisotopic (exact) mass is 339 g/mol. The number of hydrogen-bond donors (Lipinski definition) is 1. The Morgan fingerprint density at radius 2 is 1.88 bits per heavy atom. The van der Waals surface area contributed by atoms with Gasteiger partial charge >= 0.3 is 0 Å². The molecule has 0 bridgehead atoms. The van der Waals surface area contributed by atoms with Crippen molar-refractivity contribution in [2.24, 2.45) is 0 Å². The van der Waals surface area contributed by atoms with E-state index in [1.807, 2.05) is 48.5 Å². The maximum absolute atomic E-state index is 9.21. The van der Waals surface area contributed by atoms with Crippen molar-refractivity contribution in [1.29, 1.82) is 5.26 Å². The van der Waals surface area contributed by atoms with Gasteiger partial charge in [0.1, 0.15) is 18.4 Å². The van der Waals surface area contributed by atoms with Crippen LogP contribution in [0.3, 0.4) is 0 Å². The molecule has 0 atom stereocenters. The lowest BCUT2D eigenvalue weighted by Crippen LogP contribution is -2.11. The van der Waals surface area contributed by atoms with E-state index in [1.165, 1.54) is 0 Å². The molecule has 0 unspecified atom stereocenters. The Labute approximate surface area is 144 Å². The minimum Gasteiger partial charge on any atom is -0.492 e. The van der Waals surface area contributed by atoms with Gasteiger partial charge in [0.25, 0.3) is 0 Å². The lowest BCUT2D eigenvalue weighted by molar-refractivity contribution is 0.331. The second kappa shape index (κ2) is 7.53. The summed E-state index contributed by atoms with van der Waals surface area (Å²) >= 11 is 6.13. The molecule has 0 saturated heterocycles. The van der Waals surface area contributed by atoms with E-state index in [9.17, 15) is 5.26 Å². The van der Waals surface area contributed by atoms with Crippen LogP contribution in [0.25, 0.3) is 11.5 Å². The molecule has 1 N–H and O–H groups in total. The fourth-order valence-corrected chi connectivity index (χ4v) is 2.33. The highest BCUT2D eigenvalue weighted by atomic mass is 35.5. The van der Waals surface area contributed by atoms with Gasteiger partial charge in [-0.15, -0.1) is 0 Å². The van der Waals surface area contributed by atoms with Crippen LogP contribution in [-0.4, -0.2) is 18.1 Å². The Morgan fingerprint density at radius 3 is 2.62 bits per heavy atom. The number of oxazole rings is 1. The molecule has 0 spiro atoms. The van der Waals surface area contributed by atoms with E-state index in [2.05, 4.69) is 10.3 Å². The molecule has 24 heavy (non-hydrogen) atoms. The summed E-state index contributed by atoms with van der Waals surface area (Å²) < 4.78 is 11.2. The van der Waals surface area contributed by atoms with E-state index in [4.69, 9.17) is 20.8 Å². The molecule has 1 heterocycles. The Balaban J connectivity index is 1.66. The SMILES string of the molecule is N#Cc1nc(-c2ccccc2Cl)oc1NCCOc1ccccc1. The van der Waals surface area contributed by atoms with Crippen molar-refractivity contribution in [1.82, 2.24) is 4.98 Å². The number of nitrogens with one attached hydrogen (secondary N) is 1. The number of rotatable bonds is 6. The summed E-state index contributed by atoms with van der Waals surface area (Å²) in [6.07, 6.45) is 0. The fourth-order valence-electron chi connectivity index (χ4n) is 2.12.